The fourth-order valence-electron chi connectivity index (χ4n) is 3.45. The predicted octanol–water partition coefficient (Wildman–Crippen LogP) is 4.90. The van der Waals surface area contributed by atoms with Gasteiger partial charge in [-0.25, -0.2) is 4.79 Å². The van der Waals surface area contributed by atoms with Crippen LogP contribution in [0.3, 0.4) is 0 Å². The van der Waals surface area contributed by atoms with E-state index in [1.165, 1.54) is 10.2 Å². The SMILES string of the molecule is O=C(N1CCCCC1c1ccccc1)n1cc(-c2cccc(Br)c2)nn1. The Bertz CT molecular complexity index is 909. The minimum absolute atomic E-state index is 0.0935. The van der Waals surface area contributed by atoms with Gasteiger partial charge in [-0.15, -0.1) is 5.10 Å². The fourth-order valence-corrected chi connectivity index (χ4v) is 3.85. The van der Waals surface area contributed by atoms with Crippen LogP contribution in [0, 0.1) is 0 Å². The van der Waals surface area contributed by atoms with Gasteiger partial charge in [-0.2, -0.15) is 4.68 Å². The Balaban J connectivity index is 1.60. The minimum Gasteiger partial charge on any atom is -0.316 e. The first-order valence-corrected chi connectivity index (χ1v) is 9.56. The summed E-state index contributed by atoms with van der Waals surface area (Å²) in [4.78, 5) is 15.0. The van der Waals surface area contributed by atoms with Gasteiger partial charge in [0.05, 0.1) is 12.2 Å². The summed E-state index contributed by atoms with van der Waals surface area (Å²) >= 11 is 3.46. The van der Waals surface area contributed by atoms with Gasteiger partial charge < -0.3 is 4.90 Å². The number of carbonyl (C=O) groups excluding carboxylic acids is 1. The van der Waals surface area contributed by atoms with Crippen LogP contribution in [-0.2, 0) is 0 Å². The lowest BCUT2D eigenvalue weighted by atomic mass is 9.96. The van der Waals surface area contributed by atoms with Crippen LogP contribution in [0.5, 0.6) is 0 Å². The Hall–Kier alpha value is -2.47. The summed E-state index contributed by atoms with van der Waals surface area (Å²) in [6.07, 6.45) is 4.83. The average Bonchev–Trinajstić information content (AvgIpc) is 3.18. The Kier molecular flexibility index (Phi) is 4.84. The fraction of sp³-hybridized carbons (Fsp3) is 0.250. The maximum absolute atomic E-state index is 13.1. The number of amides is 1. The highest BCUT2D eigenvalue weighted by molar-refractivity contribution is 9.10. The van der Waals surface area contributed by atoms with Crippen molar-refractivity contribution in [3.8, 4) is 11.3 Å². The molecule has 1 saturated heterocycles. The van der Waals surface area contributed by atoms with E-state index in [1.807, 2.05) is 47.4 Å². The number of benzene rings is 2. The number of piperidine rings is 1. The number of hydrogen-bond donors (Lipinski definition) is 0. The third kappa shape index (κ3) is 3.42. The standard InChI is InChI=1S/C20H19BrN4O/c21-17-10-6-9-16(13-17)18-14-25(23-22-18)20(26)24-12-5-4-11-19(24)15-7-2-1-3-8-15/h1-3,6-10,13-14,19H,4-5,11-12H2. The number of rotatable bonds is 2. The molecule has 0 N–H and O–H groups in total. The largest absolute Gasteiger partial charge is 0.346 e. The highest BCUT2D eigenvalue weighted by Crippen LogP contribution is 2.31. The van der Waals surface area contributed by atoms with E-state index < -0.39 is 0 Å². The van der Waals surface area contributed by atoms with Crippen molar-refractivity contribution in [3.63, 3.8) is 0 Å². The first kappa shape index (κ1) is 17.0. The molecule has 2 aromatic carbocycles. The van der Waals surface area contributed by atoms with Crippen LogP contribution in [0.25, 0.3) is 11.3 Å². The van der Waals surface area contributed by atoms with Crippen LogP contribution >= 0.6 is 15.9 Å². The molecule has 1 unspecified atom stereocenters. The maximum atomic E-state index is 13.1. The first-order valence-electron chi connectivity index (χ1n) is 8.76. The molecule has 2 heterocycles. The normalized spacial score (nSPS) is 17.3. The third-order valence-corrected chi connectivity index (χ3v) is 5.24. The van der Waals surface area contributed by atoms with Crippen LogP contribution in [0.1, 0.15) is 30.9 Å². The molecule has 3 aromatic rings. The quantitative estimate of drug-likeness (QED) is 0.603. The number of likely N-dealkylation sites (tertiary alicyclic amines) is 1. The van der Waals surface area contributed by atoms with Crippen LogP contribution in [0.15, 0.2) is 65.3 Å². The summed E-state index contributed by atoms with van der Waals surface area (Å²) in [5.74, 6) is 0. The molecule has 0 bridgehead atoms. The Morgan fingerprint density at radius 1 is 1.08 bits per heavy atom. The summed E-state index contributed by atoms with van der Waals surface area (Å²) < 4.78 is 2.33. The van der Waals surface area contributed by atoms with Gasteiger partial charge in [0.25, 0.3) is 0 Å². The lowest BCUT2D eigenvalue weighted by Crippen LogP contribution is -2.41. The second kappa shape index (κ2) is 7.41. The minimum atomic E-state index is -0.118. The van der Waals surface area contributed by atoms with Gasteiger partial charge in [0.1, 0.15) is 5.69 Å². The van der Waals surface area contributed by atoms with E-state index in [0.29, 0.717) is 5.69 Å². The molecular formula is C20H19BrN4O. The first-order chi connectivity index (χ1) is 12.7. The van der Waals surface area contributed by atoms with E-state index in [2.05, 4.69) is 38.4 Å². The number of aromatic nitrogens is 3. The Labute approximate surface area is 160 Å². The molecule has 0 spiro atoms. The molecule has 6 heteroatoms. The molecule has 1 aliphatic rings. The third-order valence-electron chi connectivity index (χ3n) is 4.74. The Morgan fingerprint density at radius 3 is 2.73 bits per heavy atom. The monoisotopic (exact) mass is 410 g/mol. The van der Waals surface area contributed by atoms with Crippen molar-refractivity contribution in [1.82, 2.24) is 19.9 Å². The molecular weight excluding hydrogens is 392 g/mol. The molecule has 0 saturated carbocycles. The zero-order valence-corrected chi connectivity index (χ0v) is 15.8. The molecule has 4 rings (SSSR count). The van der Waals surface area contributed by atoms with Gasteiger partial charge in [0, 0.05) is 16.6 Å². The van der Waals surface area contributed by atoms with Crippen molar-refractivity contribution in [2.45, 2.75) is 25.3 Å². The molecule has 1 aromatic heterocycles. The Morgan fingerprint density at radius 2 is 1.92 bits per heavy atom. The average molecular weight is 411 g/mol. The van der Waals surface area contributed by atoms with Crippen molar-refractivity contribution in [1.29, 1.82) is 0 Å². The van der Waals surface area contributed by atoms with Crippen molar-refractivity contribution in [3.05, 3.63) is 70.8 Å². The second-order valence-electron chi connectivity index (χ2n) is 6.46. The predicted molar refractivity (Wildman–Crippen MR) is 104 cm³/mol. The van der Waals surface area contributed by atoms with Crippen molar-refractivity contribution in [2.24, 2.45) is 0 Å². The van der Waals surface area contributed by atoms with Gasteiger partial charge in [-0.3, -0.25) is 0 Å². The van der Waals surface area contributed by atoms with Crippen LogP contribution in [0.2, 0.25) is 0 Å². The molecule has 1 aliphatic heterocycles. The van der Waals surface area contributed by atoms with Crippen LogP contribution in [0.4, 0.5) is 4.79 Å². The van der Waals surface area contributed by atoms with E-state index >= 15 is 0 Å². The van der Waals surface area contributed by atoms with Gasteiger partial charge in [0.2, 0.25) is 0 Å². The molecule has 5 nitrogen and oxygen atoms in total. The molecule has 1 amide bonds. The van der Waals surface area contributed by atoms with E-state index in [4.69, 9.17) is 0 Å². The van der Waals surface area contributed by atoms with E-state index in [-0.39, 0.29) is 12.1 Å². The lowest BCUT2D eigenvalue weighted by Gasteiger charge is -2.35. The van der Waals surface area contributed by atoms with Crippen molar-refractivity contribution < 1.29 is 4.79 Å². The molecule has 1 atom stereocenters. The topological polar surface area (TPSA) is 51.0 Å². The summed E-state index contributed by atoms with van der Waals surface area (Å²) in [6.45, 7) is 0.741. The molecule has 0 aliphatic carbocycles. The summed E-state index contributed by atoms with van der Waals surface area (Å²) in [5.41, 5.74) is 2.79. The van der Waals surface area contributed by atoms with Crippen molar-refractivity contribution >= 4 is 22.0 Å². The van der Waals surface area contributed by atoms with E-state index in [0.717, 1.165) is 35.8 Å². The number of halogens is 1. The van der Waals surface area contributed by atoms with E-state index in [9.17, 15) is 4.79 Å². The number of hydrogen-bond acceptors (Lipinski definition) is 3. The zero-order valence-electron chi connectivity index (χ0n) is 14.3. The zero-order chi connectivity index (χ0) is 17.9. The molecule has 0 radical (unpaired) electrons. The highest BCUT2D eigenvalue weighted by Gasteiger charge is 2.29. The highest BCUT2D eigenvalue weighted by atomic mass is 79.9. The maximum Gasteiger partial charge on any atom is 0.346 e. The summed E-state index contributed by atoms with van der Waals surface area (Å²) in [7, 11) is 0. The van der Waals surface area contributed by atoms with Gasteiger partial charge in [-0.05, 0) is 37.0 Å². The smallest absolute Gasteiger partial charge is 0.316 e. The van der Waals surface area contributed by atoms with E-state index in [1.54, 1.807) is 6.20 Å². The molecule has 1 fully saturated rings. The van der Waals surface area contributed by atoms with Crippen LogP contribution in [-0.4, -0.2) is 32.5 Å². The summed E-state index contributed by atoms with van der Waals surface area (Å²) in [6, 6.07) is 18.0. The second-order valence-corrected chi connectivity index (χ2v) is 7.37. The van der Waals surface area contributed by atoms with Crippen molar-refractivity contribution in [2.75, 3.05) is 6.54 Å². The van der Waals surface area contributed by atoms with Crippen LogP contribution < -0.4 is 0 Å². The number of carbonyl (C=O) groups is 1. The molecule has 132 valence electrons. The molecule has 26 heavy (non-hydrogen) atoms. The summed E-state index contributed by atoms with van der Waals surface area (Å²) in [5, 5.41) is 8.27. The lowest BCUT2D eigenvalue weighted by molar-refractivity contribution is 0.149. The van der Waals surface area contributed by atoms with Gasteiger partial charge in [0.15, 0.2) is 0 Å². The van der Waals surface area contributed by atoms with Gasteiger partial charge >= 0.3 is 6.03 Å². The number of nitrogens with zero attached hydrogens (tertiary/aromatic N) is 4. The van der Waals surface area contributed by atoms with Gasteiger partial charge in [-0.1, -0.05) is 63.6 Å².